The van der Waals surface area contributed by atoms with Crippen molar-refractivity contribution in [2.45, 2.75) is 11.8 Å². The van der Waals surface area contributed by atoms with Crippen molar-refractivity contribution < 1.29 is 17.6 Å². The van der Waals surface area contributed by atoms with Gasteiger partial charge in [-0.15, -0.1) is 0 Å². The molecule has 0 aromatic heterocycles. The second kappa shape index (κ2) is 6.63. The summed E-state index contributed by atoms with van der Waals surface area (Å²) in [6, 6.07) is 4.58. The topological polar surface area (TPSA) is 89.3 Å². The highest BCUT2D eigenvalue weighted by Crippen LogP contribution is 2.11. The molecule has 3 N–H and O–H groups in total. The number of hydrogen-bond donors (Lipinski definition) is 2. The van der Waals surface area contributed by atoms with Crippen LogP contribution in [-0.2, 0) is 14.6 Å². The van der Waals surface area contributed by atoms with Crippen molar-refractivity contribution in [1.29, 1.82) is 0 Å². The Bertz CT molecular complexity index is 528. The Morgan fingerprint density at radius 3 is 2.47 bits per heavy atom. The zero-order valence-electron chi connectivity index (χ0n) is 10.6. The summed E-state index contributed by atoms with van der Waals surface area (Å²) in [7, 11) is -3.52. The molecule has 0 aliphatic heterocycles. The lowest BCUT2D eigenvalue weighted by atomic mass is 10.2. The zero-order chi connectivity index (χ0) is 14.5. The van der Waals surface area contributed by atoms with Crippen LogP contribution in [0.1, 0.15) is 6.92 Å². The van der Waals surface area contributed by atoms with E-state index in [1.807, 2.05) is 0 Å². The Morgan fingerprint density at radius 2 is 1.95 bits per heavy atom. The summed E-state index contributed by atoms with van der Waals surface area (Å²) in [6.07, 6.45) is 0. The van der Waals surface area contributed by atoms with Crippen LogP contribution in [0.4, 0.5) is 4.39 Å². The molecule has 1 amide bonds. The molecule has 1 aromatic carbocycles. The first-order chi connectivity index (χ1) is 8.86. The lowest BCUT2D eigenvalue weighted by molar-refractivity contribution is -0.124. The van der Waals surface area contributed by atoms with Gasteiger partial charge in [-0.2, -0.15) is 0 Å². The van der Waals surface area contributed by atoms with Crippen LogP contribution in [0, 0.1) is 11.7 Å². The van der Waals surface area contributed by atoms with Crippen LogP contribution in [0.25, 0.3) is 0 Å². The number of benzene rings is 1. The van der Waals surface area contributed by atoms with E-state index in [1.165, 1.54) is 12.1 Å². The number of halogens is 1. The summed E-state index contributed by atoms with van der Waals surface area (Å²) in [4.78, 5) is 11.4. The molecule has 1 atom stereocenters. The number of sulfone groups is 1. The van der Waals surface area contributed by atoms with Crippen LogP contribution in [0.5, 0.6) is 0 Å². The quantitative estimate of drug-likeness (QED) is 0.737. The first-order valence-corrected chi connectivity index (χ1v) is 7.48. The largest absolute Gasteiger partial charge is 0.355 e. The maximum atomic E-state index is 12.7. The average molecular weight is 288 g/mol. The highest BCUT2D eigenvalue weighted by atomic mass is 32.2. The van der Waals surface area contributed by atoms with Gasteiger partial charge < -0.3 is 11.1 Å². The summed E-state index contributed by atoms with van der Waals surface area (Å²) in [5, 5.41) is 2.50. The Labute approximate surface area is 111 Å². The molecule has 0 bridgehead atoms. The van der Waals surface area contributed by atoms with Crippen molar-refractivity contribution in [2.24, 2.45) is 11.7 Å². The van der Waals surface area contributed by atoms with E-state index in [-0.39, 0.29) is 35.6 Å². The summed E-state index contributed by atoms with van der Waals surface area (Å²) < 4.78 is 36.4. The van der Waals surface area contributed by atoms with Gasteiger partial charge >= 0.3 is 0 Å². The fourth-order valence-electron chi connectivity index (χ4n) is 1.35. The van der Waals surface area contributed by atoms with E-state index in [0.29, 0.717) is 0 Å². The predicted octanol–water partition coefficient (Wildman–Crippen LogP) is 0.310. The fraction of sp³-hybridized carbons (Fsp3) is 0.417. The lowest BCUT2D eigenvalue weighted by Gasteiger charge is -2.10. The molecule has 0 saturated heterocycles. The third-order valence-electron chi connectivity index (χ3n) is 2.64. The van der Waals surface area contributed by atoms with E-state index in [0.717, 1.165) is 12.1 Å². The van der Waals surface area contributed by atoms with E-state index < -0.39 is 15.7 Å². The monoisotopic (exact) mass is 288 g/mol. The molecule has 0 radical (unpaired) electrons. The van der Waals surface area contributed by atoms with Gasteiger partial charge in [0.15, 0.2) is 9.84 Å². The van der Waals surface area contributed by atoms with E-state index in [2.05, 4.69) is 5.32 Å². The average Bonchev–Trinajstić information content (AvgIpc) is 2.37. The SMILES string of the molecule is CC(CN)C(=O)NCCS(=O)(=O)c1ccc(F)cc1. The van der Waals surface area contributed by atoms with Crippen LogP contribution < -0.4 is 11.1 Å². The molecule has 0 fully saturated rings. The summed E-state index contributed by atoms with van der Waals surface area (Å²) >= 11 is 0. The maximum Gasteiger partial charge on any atom is 0.224 e. The second-order valence-electron chi connectivity index (χ2n) is 4.20. The summed E-state index contributed by atoms with van der Waals surface area (Å²) in [6.45, 7) is 1.86. The number of nitrogens with two attached hydrogens (primary N) is 1. The minimum absolute atomic E-state index is 0.00286. The maximum absolute atomic E-state index is 12.7. The van der Waals surface area contributed by atoms with Crippen molar-refractivity contribution in [2.75, 3.05) is 18.8 Å². The van der Waals surface area contributed by atoms with Crippen LogP contribution >= 0.6 is 0 Å². The Hall–Kier alpha value is -1.47. The van der Waals surface area contributed by atoms with Crippen LogP contribution in [0.15, 0.2) is 29.2 Å². The lowest BCUT2D eigenvalue weighted by Crippen LogP contribution is -2.36. The van der Waals surface area contributed by atoms with E-state index in [4.69, 9.17) is 5.73 Å². The van der Waals surface area contributed by atoms with Crippen molar-refractivity contribution in [3.05, 3.63) is 30.1 Å². The highest BCUT2D eigenvalue weighted by molar-refractivity contribution is 7.91. The van der Waals surface area contributed by atoms with Crippen molar-refractivity contribution >= 4 is 15.7 Å². The number of nitrogens with one attached hydrogen (secondary N) is 1. The molecule has 0 spiro atoms. The number of rotatable bonds is 6. The zero-order valence-corrected chi connectivity index (χ0v) is 11.4. The first kappa shape index (κ1) is 15.6. The molecule has 19 heavy (non-hydrogen) atoms. The smallest absolute Gasteiger partial charge is 0.224 e. The number of carbonyl (C=O) groups is 1. The Kier molecular flexibility index (Phi) is 5.44. The third-order valence-corrected chi connectivity index (χ3v) is 4.38. The minimum Gasteiger partial charge on any atom is -0.355 e. The number of hydrogen-bond acceptors (Lipinski definition) is 4. The van der Waals surface area contributed by atoms with Gasteiger partial charge in [-0.05, 0) is 24.3 Å². The molecular formula is C12H17FN2O3S. The Balaban J connectivity index is 2.57. The highest BCUT2D eigenvalue weighted by Gasteiger charge is 2.16. The Morgan fingerprint density at radius 1 is 1.37 bits per heavy atom. The third kappa shape index (κ3) is 4.60. The van der Waals surface area contributed by atoms with Gasteiger partial charge in [0.2, 0.25) is 5.91 Å². The minimum atomic E-state index is -3.52. The molecule has 106 valence electrons. The van der Waals surface area contributed by atoms with Gasteiger partial charge in [0.25, 0.3) is 0 Å². The molecular weight excluding hydrogens is 271 g/mol. The van der Waals surface area contributed by atoms with Gasteiger partial charge in [-0.1, -0.05) is 6.92 Å². The van der Waals surface area contributed by atoms with Crippen LogP contribution in [0.2, 0.25) is 0 Å². The first-order valence-electron chi connectivity index (χ1n) is 5.83. The molecule has 0 heterocycles. The van der Waals surface area contributed by atoms with Gasteiger partial charge in [-0.3, -0.25) is 4.79 Å². The van der Waals surface area contributed by atoms with E-state index >= 15 is 0 Å². The van der Waals surface area contributed by atoms with Gasteiger partial charge in [0.05, 0.1) is 10.6 Å². The van der Waals surface area contributed by atoms with E-state index in [1.54, 1.807) is 6.92 Å². The van der Waals surface area contributed by atoms with Crippen LogP contribution in [0.3, 0.4) is 0 Å². The summed E-state index contributed by atoms with van der Waals surface area (Å²) in [5.74, 6) is -1.36. The van der Waals surface area contributed by atoms with Crippen molar-refractivity contribution in [3.63, 3.8) is 0 Å². The normalized spacial score (nSPS) is 13.0. The molecule has 1 unspecified atom stereocenters. The van der Waals surface area contributed by atoms with Crippen molar-refractivity contribution in [3.8, 4) is 0 Å². The van der Waals surface area contributed by atoms with Gasteiger partial charge in [0.1, 0.15) is 5.82 Å². The standard InChI is InChI=1S/C12H17FN2O3S/c1-9(8-14)12(16)15-6-7-19(17,18)11-4-2-10(13)3-5-11/h2-5,9H,6-8,14H2,1H3,(H,15,16). The van der Waals surface area contributed by atoms with Gasteiger partial charge in [0, 0.05) is 19.0 Å². The molecule has 1 aromatic rings. The van der Waals surface area contributed by atoms with Gasteiger partial charge in [-0.25, -0.2) is 12.8 Å². The fourth-order valence-corrected chi connectivity index (χ4v) is 2.51. The van der Waals surface area contributed by atoms with E-state index in [9.17, 15) is 17.6 Å². The molecule has 0 saturated carbocycles. The second-order valence-corrected chi connectivity index (χ2v) is 6.31. The summed E-state index contributed by atoms with van der Waals surface area (Å²) in [5.41, 5.74) is 5.32. The number of carbonyl (C=O) groups excluding carboxylic acids is 1. The molecule has 1 rings (SSSR count). The number of amides is 1. The molecule has 0 aliphatic rings. The molecule has 5 nitrogen and oxygen atoms in total. The molecule has 7 heteroatoms. The predicted molar refractivity (Wildman–Crippen MR) is 69.7 cm³/mol. The molecule has 0 aliphatic carbocycles. The van der Waals surface area contributed by atoms with Crippen molar-refractivity contribution in [1.82, 2.24) is 5.32 Å². The van der Waals surface area contributed by atoms with Crippen LogP contribution in [-0.4, -0.2) is 33.2 Å².